The summed E-state index contributed by atoms with van der Waals surface area (Å²) < 4.78 is 0. The number of hydrogen-bond donors (Lipinski definition) is 1. The van der Waals surface area contributed by atoms with Gasteiger partial charge in [-0.25, -0.2) is 4.98 Å². The maximum Gasteiger partial charge on any atom is 0.138 e. The molecule has 0 fully saturated rings. The zero-order valence-corrected chi connectivity index (χ0v) is 12.3. The molecule has 0 amide bonds. The molecule has 23 heavy (non-hydrogen) atoms. The predicted molar refractivity (Wildman–Crippen MR) is 91.7 cm³/mol. The van der Waals surface area contributed by atoms with Crippen molar-refractivity contribution in [3.05, 3.63) is 78.4 Å². The Morgan fingerprint density at radius 3 is 2.39 bits per heavy atom. The third-order valence-electron chi connectivity index (χ3n) is 3.85. The second kappa shape index (κ2) is 5.43. The van der Waals surface area contributed by atoms with Gasteiger partial charge in [-0.05, 0) is 35.4 Å². The number of nitriles is 1. The monoisotopic (exact) mass is 295 g/mol. The third kappa shape index (κ3) is 2.47. The van der Waals surface area contributed by atoms with Gasteiger partial charge in [0.25, 0.3) is 0 Å². The highest BCUT2D eigenvalue weighted by Gasteiger charge is 2.07. The van der Waals surface area contributed by atoms with Gasteiger partial charge in [-0.15, -0.1) is 0 Å². The van der Waals surface area contributed by atoms with Crippen LogP contribution in [-0.2, 0) is 0 Å². The number of aromatic amines is 1. The lowest BCUT2D eigenvalue weighted by Crippen LogP contribution is -1.82. The molecule has 0 aliphatic rings. The first-order valence-electron chi connectivity index (χ1n) is 7.39. The summed E-state index contributed by atoms with van der Waals surface area (Å²) in [6.07, 6.45) is 0. The highest BCUT2D eigenvalue weighted by atomic mass is 14.9. The summed E-state index contributed by atoms with van der Waals surface area (Å²) in [5.74, 6) is 0.813. The molecule has 3 nitrogen and oxygen atoms in total. The molecule has 0 unspecified atom stereocenters. The number of nitrogens with zero attached hydrogens (tertiary/aromatic N) is 2. The lowest BCUT2D eigenvalue weighted by molar-refractivity contribution is 1.34. The SMILES string of the molecule is N#Cc1ccc2nc(-c3cccc(-c4ccccc4)c3)[nH]c2c1. The van der Waals surface area contributed by atoms with Gasteiger partial charge in [-0.2, -0.15) is 5.26 Å². The van der Waals surface area contributed by atoms with Crippen molar-refractivity contribution in [3.63, 3.8) is 0 Å². The van der Waals surface area contributed by atoms with Gasteiger partial charge in [0, 0.05) is 5.56 Å². The summed E-state index contributed by atoms with van der Waals surface area (Å²) >= 11 is 0. The molecule has 0 bridgehead atoms. The van der Waals surface area contributed by atoms with E-state index in [0.717, 1.165) is 28.0 Å². The second-order valence-electron chi connectivity index (χ2n) is 5.38. The molecule has 0 aliphatic carbocycles. The highest BCUT2D eigenvalue weighted by molar-refractivity contribution is 5.81. The average molecular weight is 295 g/mol. The van der Waals surface area contributed by atoms with Crippen molar-refractivity contribution >= 4 is 11.0 Å². The third-order valence-corrected chi connectivity index (χ3v) is 3.85. The van der Waals surface area contributed by atoms with Crippen LogP contribution < -0.4 is 0 Å². The quantitative estimate of drug-likeness (QED) is 0.579. The minimum absolute atomic E-state index is 0.630. The number of rotatable bonds is 2. The van der Waals surface area contributed by atoms with Gasteiger partial charge >= 0.3 is 0 Å². The zero-order chi connectivity index (χ0) is 15.6. The van der Waals surface area contributed by atoms with Gasteiger partial charge in [0.2, 0.25) is 0 Å². The fourth-order valence-electron chi connectivity index (χ4n) is 2.69. The molecular weight excluding hydrogens is 282 g/mol. The first-order chi connectivity index (χ1) is 11.3. The maximum atomic E-state index is 9.00. The summed E-state index contributed by atoms with van der Waals surface area (Å²) in [4.78, 5) is 7.93. The average Bonchev–Trinajstić information content (AvgIpc) is 3.06. The Labute approximate surface area is 133 Å². The molecule has 0 saturated carbocycles. The second-order valence-corrected chi connectivity index (χ2v) is 5.38. The van der Waals surface area contributed by atoms with Crippen LogP contribution in [0.15, 0.2) is 72.8 Å². The standard InChI is InChI=1S/C20H13N3/c21-13-14-9-10-18-19(11-14)23-20(22-18)17-8-4-7-16(12-17)15-5-2-1-3-6-15/h1-12H,(H,22,23). The van der Waals surface area contributed by atoms with Crippen molar-refractivity contribution in [2.45, 2.75) is 0 Å². The van der Waals surface area contributed by atoms with E-state index in [2.05, 4.69) is 40.3 Å². The fourth-order valence-corrected chi connectivity index (χ4v) is 2.69. The van der Waals surface area contributed by atoms with Gasteiger partial charge < -0.3 is 4.98 Å². The zero-order valence-electron chi connectivity index (χ0n) is 12.3. The van der Waals surface area contributed by atoms with E-state index < -0.39 is 0 Å². The number of hydrogen-bond acceptors (Lipinski definition) is 2. The van der Waals surface area contributed by atoms with E-state index in [1.54, 1.807) is 6.07 Å². The Morgan fingerprint density at radius 2 is 1.57 bits per heavy atom. The molecule has 0 saturated heterocycles. The van der Waals surface area contributed by atoms with E-state index in [4.69, 9.17) is 5.26 Å². The summed E-state index contributed by atoms with van der Waals surface area (Å²) in [7, 11) is 0. The normalized spacial score (nSPS) is 10.6. The smallest absolute Gasteiger partial charge is 0.138 e. The molecule has 0 atom stereocenters. The highest BCUT2D eigenvalue weighted by Crippen LogP contribution is 2.26. The van der Waals surface area contributed by atoms with Gasteiger partial charge in [0.1, 0.15) is 5.82 Å². The Hall–Kier alpha value is -3.38. The molecule has 108 valence electrons. The Bertz CT molecular complexity index is 1020. The van der Waals surface area contributed by atoms with Crippen molar-refractivity contribution < 1.29 is 0 Å². The van der Waals surface area contributed by atoms with Crippen LogP contribution in [0.5, 0.6) is 0 Å². The molecule has 1 heterocycles. The van der Waals surface area contributed by atoms with Crippen LogP contribution in [0.4, 0.5) is 0 Å². The number of H-pyrrole nitrogens is 1. The molecule has 0 radical (unpaired) electrons. The van der Waals surface area contributed by atoms with E-state index in [1.807, 2.05) is 42.5 Å². The lowest BCUT2D eigenvalue weighted by Gasteiger charge is -2.03. The number of benzene rings is 3. The molecule has 3 heteroatoms. The van der Waals surface area contributed by atoms with Gasteiger partial charge in [0.15, 0.2) is 0 Å². The number of nitrogens with one attached hydrogen (secondary N) is 1. The van der Waals surface area contributed by atoms with Crippen molar-refractivity contribution in [3.8, 4) is 28.6 Å². The Kier molecular flexibility index (Phi) is 3.14. The molecule has 1 aromatic heterocycles. The first-order valence-corrected chi connectivity index (χ1v) is 7.39. The summed E-state index contributed by atoms with van der Waals surface area (Å²) in [6, 6.07) is 26.2. The largest absolute Gasteiger partial charge is 0.338 e. The minimum atomic E-state index is 0.630. The van der Waals surface area contributed by atoms with Crippen molar-refractivity contribution in [2.75, 3.05) is 0 Å². The molecule has 4 aromatic rings. The van der Waals surface area contributed by atoms with Crippen LogP contribution in [0.25, 0.3) is 33.5 Å². The molecular formula is C20H13N3. The molecule has 4 rings (SSSR count). The van der Waals surface area contributed by atoms with Crippen molar-refractivity contribution in [1.29, 1.82) is 5.26 Å². The van der Waals surface area contributed by atoms with Crippen molar-refractivity contribution in [1.82, 2.24) is 9.97 Å². The molecule has 3 aromatic carbocycles. The molecule has 1 N–H and O–H groups in total. The molecule has 0 spiro atoms. The summed E-state index contributed by atoms with van der Waals surface area (Å²) in [5, 5.41) is 9.00. The van der Waals surface area contributed by atoms with Crippen LogP contribution in [0.3, 0.4) is 0 Å². The van der Waals surface area contributed by atoms with E-state index in [1.165, 1.54) is 5.56 Å². The topological polar surface area (TPSA) is 52.5 Å². The van der Waals surface area contributed by atoms with Crippen LogP contribution in [-0.4, -0.2) is 9.97 Å². The Morgan fingerprint density at radius 1 is 0.783 bits per heavy atom. The first kappa shape index (κ1) is 13.3. The fraction of sp³-hybridized carbons (Fsp3) is 0. The van der Waals surface area contributed by atoms with Gasteiger partial charge in [-0.3, -0.25) is 0 Å². The van der Waals surface area contributed by atoms with Crippen LogP contribution >= 0.6 is 0 Å². The predicted octanol–water partition coefficient (Wildman–Crippen LogP) is 4.77. The van der Waals surface area contributed by atoms with Gasteiger partial charge in [-0.1, -0.05) is 48.5 Å². The van der Waals surface area contributed by atoms with Crippen LogP contribution in [0.1, 0.15) is 5.56 Å². The van der Waals surface area contributed by atoms with Crippen LogP contribution in [0, 0.1) is 11.3 Å². The number of fused-ring (bicyclic) bond motifs is 1. The summed E-state index contributed by atoms with van der Waals surface area (Å²) in [6.45, 7) is 0. The minimum Gasteiger partial charge on any atom is -0.338 e. The van der Waals surface area contributed by atoms with E-state index in [9.17, 15) is 0 Å². The van der Waals surface area contributed by atoms with Gasteiger partial charge in [0.05, 0.1) is 22.7 Å². The molecule has 0 aliphatic heterocycles. The van der Waals surface area contributed by atoms with E-state index in [0.29, 0.717) is 5.56 Å². The lowest BCUT2D eigenvalue weighted by atomic mass is 10.0. The van der Waals surface area contributed by atoms with E-state index >= 15 is 0 Å². The number of aromatic nitrogens is 2. The Balaban J connectivity index is 1.80. The van der Waals surface area contributed by atoms with E-state index in [-0.39, 0.29) is 0 Å². The summed E-state index contributed by atoms with van der Waals surface area (Å²) in [5.41, 5.74) is 5.73. The number of imidazole rings is 1. The van der Waals surface area contributed by atoms with Crippen LogP contribution in [0.2, 0.25) is 0 Å². The van der Waals surface area contributed by atoms with Crippen molar-refractivity contribution in [2.24, 2.45) is 0 Å². The maximum absolute atomic E-state index is 9.00.